The Morgan fingerprint density at radius 2 is 1.64 bits per heavy atom. The molecule has 0 bridgehead atoms. The Balaban J connectivity index is 1.52. The van der Waals surface area contributed by atoms with E-state index < -0.39 is 0 Å². The van der Waals surface area contributed by atoms with E-state index in [-0.39, 0.29) is 17.2 Å². The molecule has 1 heterocycles. The molecule has 0 saturated carbocycles. The Bertz CT molecular complexity index is 975. The molecule has 6 nitrogen and oxygen atoms in total. The van der Waals surface area contributed by atoms with Crippen molar-refractivity contribution in [2.75, 3.05) is 11.9 Å². The molecular weight excluding hydrogens is 376 g/mol. The summed E-state index contributed by atoms with van der Waals surface area (Å²) in [7, 11) is 0. The average Bonchev–Trinajstić information content (AvgIpc) is 3.01. The zero-order valence-corrected chi connectivity index (χ0v) is 16.6. The van der Waals surface area contributed by atoms with Gasteiger partial charge in [0.25, 0.3) is 0 Å². The van der Waals surface area contributed by atoms with Crippen molar-refractivity contribution in [3.63, 3.8) is 0 Å². The normalized spacial score (nSPS) is 10.5. The van der Waals surface area contributed by atoms with Crippen molar-refractivity contribution in [3.8, 4) is 17.2 Å². The van der Waals surface area contributed by atoms with Gasteiger partial charge in [0.2, 0.25) is 5.91 Å². The molecule has 0 aliphatic carbocycles. The van der Waals surface area contributed by atoms with E-state index in [4.69, 9.17) is 9.47 Å². The summed E-state index contributed by atoms with van der Waals surface area (Å²) >= 11 is 1.15. The van der Waals surface area contributed by atoms with Gasteiger partial charge in [-0.3, -0.25) is 9.59 Å². The van der Waals surface area contributed by atoms with Gasteiger partial charge in [0, 0.05) is 29.7 Å². The third kappa shape index (κ3) is 5.23. The van der Waals surface area contributed by atoms with E-state index in [2.05, 4.69) is 5.32 Å². The van der Waals surface area contributed by atoms with Gasteiger partial charge in [-0.1, -0.05) is 11.3 Å². The summed E-state index contributed by atoms with van der Waals surface area (Å²) in [6.07, 6.45) is 0.238. The van der Waals surface area contributed by atoms with Crippen LogP contribution in [0.5, 0.6) is 17.2 Å². The fourth-order valence-corrected chi connectivity index (χ4v) is 3.39. The molecule has 3 rings (SSSR count). The van der Waals surface area contributed by atoms with Crippen LogP contribution in [0.2, 0.25) is 0 Å². The SMILES string of the molecule is CCOc1ccc(Oc2ccc(NC(=O)CCn3c(C)csc3=O)cc2)cc1. The maximum atomic E-state index is 12.1. The largest absolute Gasteiger partial charge is 0.494 e. The lowest BCUT2D eigenvalue weighted by molar-refractivity contribution is -0.116. The second-order valence-corrected chi connectivity index (χ2v) is 6.94. The first-order valence-electron chi connectivity index (χ1n) is 9.00. The first-order chi connectivity index (χ1) is 13.5. The van der Waals surface area contributed by atoms with Crippen LogP contribution in [-0.2, 0) is 11.3 Å². The number of carbonyl (C=O) groups excluding carboxylic acids is 1. The zero-order chi connectivity index (χ0) is 19.9. The van der Waals surface area contributed by atoms with E-state index in [9.17, 15) is 9.59 Å². The van der Waals surface area contributed by atoms with Crippen molar-refractivity contribution < 1.29 is 14.3 Å². The van der Waals surface area contributed by atoms with E-state index in [0.29, 0.717) is 30.3 Å². The van der Waals surface area contributed by atoms with Crippen LogP contribution in [0.4, 0.5) is 5.69 Å². The number of carbonyl (C=O) groups is 1. The maximum absolute atomic E-state index is 12.1. The van der Waals surface area contributed by atoms with E-state index in [1.807, 2.05) is 38.1 Å². The Morgan fingerprint density at radius 3 is 2.21 bits per heavy atom. The van der Waals surface area contributed by atoms with Crippen LogP contribution < -0.4 is 19.7 Å². The summed E-state index contributed by atoms with van der Waals surface area (Å²) in [6, 6.07) is 14.5. The fourth-order valence-electron chi connectivity index (χ4n) is 2.62. The first-order valence-corrected chi connectivity index (χ1v) is 9.88. The summed E-state index contributed by atoms with van der Waals surface area (Å²) in [5.41, 5.74) is 1.55. The molecule has 146 valence electrons. The number of hydrogen-bond acceptors (Lipinski definition) is 5. The predicted octanol–water partition coefficient (Wildman–Crippen LogP) is 4.44. The maximum Gasteiger partial charge on any atom is 0.307 e. The standard InChI is InChI=1S/C21H22N2O4S/c1-3-26-17-8-10-19(11-9-17)27-18-6-4-16(5-7-18)22-20(24)12-13-23-15(2)14-28-21(23)25/h4-11,14H,3,12-13H2,1-2H3,(H,22,24). The van der Waals surface area contributed by atoms with Crippen LogP contribution in [0.25, 0.3) is 0 Å². The van der Waals surface area contributed by atoms with Gasteiger partial charge < -0.3 is 19.4 Å². The van der Waals surface area contributed by atoms with Gasteiger partial charge in [-0.05, 0) is 62.4 Å². The molecule has 0 aliphatic rings. The van der Waals surface area contributed by atoms with Gasteiger partial charge in [-0.2, -0.15) is 0 Å². The molecule has 1 aromatic heterocycles. The number of ether oxygens (including phenoxy) is 2. The molecule has 0 saturated heterocycles. The molecule has 1 amide bonds. The molecule has 0 fully saturated rings. The average molecular weight is 398 g/mol. The highest BCUT2D eigenvalue weighted by Gasteiger charge is 2.07. The summed E-state index contributed by atoms with van der Waals surface area (Å²) in [4.78, 5) is 23.8. The Labute approximate surface area is 167 Å². The topological polar surface area (TPSA) is 69.6 Å². The van der Waals surface area contributed by atoms with Gasteiger partial charge in [0.1, 0.15) is 17.2 Å². The van der Waals surface area contributed by atoms with Crippen LogP contribution in [0.1, 0.15) is 19.0 Å². The molecule has 1 N–H and O–H groups in total. The van der Waals surface area contributed by atoms with Crippen molar-refractivity contribution in [2.45, 2.75) is 26.8 Å². The van der Waals surface area contributed by atoms with Crippen molar-refractivity contribution in [2.24, 2.45) is 0 Å². The number of benzene rings is 2. The summed E-state index contributed by atoms with van der Waals surface area (Å²) in [6.45, 7) is 4.79. The zero-order valence-electron chi connectivity index (χ0n) is 15.8. The number of nitrogens with one attached hydrogen (secondary N) is 1. The second kappa shape index (κ2) is 9.23. The molecule has 7 heteroatoms. The van der Waals surface area contributed by atoms with Crippen LogP contribution in [0, 0.1) is 6.92 Å². The predicted molar refractivity (Wildman–Crippen MR) is 111 cm³/mol. The summed E-state index contributed by atoms with van der Waals surface area (Å²) in [5.74, 6) is 2.03. The molecule has 0 aliphatic heterocycles. The van der Waals surface area contributed by atoms with Gasteiger partial charge in [0.05, 0.1) is 6.61 Å². The van der Waals surface area contributed by atoms with E-state index in [1.54, 1.807) is 34.2 Å². The Kier molecular flexibility index (Phi) is 6.49. The van der Waals surface area contributed by atoms with Crippen LogP contribution in [0.15, 0.2) is 58.7 Å². The Hall–Kier alpha value is -3.06. The van der Waals surface area contributed by atoms with Crippen molar-refractivity contribution in [3.05, 3.63) is 69.3 Å². The monoisotopic (exact) mass is 398 g/mol. The number of aryl methyl sites for hydroxylation is 1. The third-order valence-corrected chi connectivity index (χ3v) is 4.93. The minimum absolute atomic E-state index is 0.0407. The van der Waals surface area contributed by atoms with Crippen molar-refractivity contribution >= 4 is 22.9 Å². The molecule has 0 radical (unpaired) electrons. The number of rotatable bonds is 8. The number of thiazole rings is 1. The molecule has 0 unspecified atom stereocenters. The molecule has 2 aromatic carbocycles. The second-order valence-electron chi connectivity index (χ2n) is 6.12. The van der Waals surface area contributed by atoms with Crippen LogP contribution >= 0.6 is 11.3 Å². The lowest BCUT2D eigenvalue weighted by Gasteiger charge is -2.09. The smallest absolute Gasteiger partial charge is 0.307 e. The van der Waals surface area contributed by atoms with Gasteiger partial charge in [-0.15, -0.1) is 0 Å². The van der Waals surface area contributed by atoms with Crippen molar-refractivity contribution in [1.82, 2.24) is 4.57 Å². The third-order valence-electron chi connectivity index (χ3n) is 4.05. The van der Waals surface area contributed by atoms with Crippen molar-refractivity contribution in [1.29, 1.82) is 0 Å². The van der Waals surface area contributed by atoms with Crippen LogP contribution in [0.3, 0.4) is 0 Å². The minimum Gasteiger partial charge on any atom is -0.494 e. The van der Waals surface area contributed by atoms with Gasteiger partial charge in [0.15, 0.2) is 0 Å². The summed E-state index contributed by atoms with van der Waals surface area (Å²) < 4.78 is 12.8. The minimum atomic E-state index is -0.141. The number of amides is 1. The first kappa shape index (κ1) is 19.7. The highest BCUT2D eigenvalue weighted by atomic mass is 32.1. The van der Waals surface area contributed by atoms with Crippen LogP contribution in [-0.4, -0.2) is 17.1 Å². The molecule has 28 heavy (non-hydrogen) atoms. The van der Waals surface area contributed by atoms with E-state index in [0.717, 1.165) is 22.8 Å². The molecule has 0 atom stereocenters. The molecule has 0 spiro atoms. The number of hydrogen-bond donors (Lipinski definition) is 1. The fraction of sp³-hybridized carbons (Fsp3) is 0.238. The number of aromatic nitrogens is 1. The molecule has 3 aromatic rings. The van der Waals surface area contributed by atoms with E-state index in [1.165, 1.54) is 0 Å². The summed E-state index contributed by atoms with van der Waals surface area (Å²) in [5, 5.41) is 4.63. The lowest BCUT2D eigenvalue weighted by Crippen LogP contribution is -2.20. The van der Waals surface area contributed by atoms with E-state index >= 15 is 0 Å². The quantitative estimate of drug-likeness (QED) is 0.609. The van der Waals surface area contributed by atoms with Gasteiger partial charge >= 0.3 is 4.87 Å². The lowest BCUT2D eigenvalue weighted by atomic mass is 10.2. The molecular formula is C21H22N2O4S. The highest BCUT2D eigenvalue weighted by molar-refractivity contribution is 7.07. The van der Waals surface area contributed by atoms with Gasteiger partial charge in [-0.25, -0.2) is 0 Å². The highest BCUT2D eigenvalue weighted by Crippen LogP contribution is 2.25. The Morgan fingerprint density at radius 1 is 1.04 bits per heavy atom. The number of anilines is 1. The number of nitrogens with zero attached hydrogens (tertiary/aromatic N) is 1.